The van der Waals surface area contributed by atoms with Crippen molar-refractivity contribution >= 4 is 40.7 Å². The van der Waals surface area contributed by atoms with Gasteiger partial charge < -0.3 is 9.47 Å². The van der Waals surface area contributed by atoms with Crippen LogP contribution in [0.3, 0.4) is 0 Å². The zero-order valence-electron chi connectivity index (χ0n) is 15.1. The summed E-state index contributed by atoms with van der Waals surface area (Å²) in [5.41, 5.74) is 1.90. The lowest BCUT2D eigenvalue weighted by molar-refractivity contribution is -0.182. The van der Waals surface area contributed by atoms with Gasteiger partial charge in [-0.3, -0.25) is 10.3 Å². The molecule has 1 aliphatic heterocycles. The van der Waals surface area contributed by atoms with Crippen LogP contribution in [0.2, 0.25) is 0 Å². The first kappa shape index (κ1) is 21.3. The minimum absolute atomic E-state index is 0.0215. The van der Waals surface area contributed by atoms with E-state index >= 15 is 0 Å². The first-order valence-corrected chi connectivity index (χ1v) is 9.91. The topological polar surface area (TPSA) is 45.6 Å². The summed E-state index contributed by atoms with van der Waals surface area (Å²) in [5.74, 6) is -0.863. The zero-order chi connectivity index (χ0) is 20.3. The first-order valence-electron chi connectivity index (χ1n) is 8.77. The third-order valence-electron chi connectivity index (χ3n) is 4.73. The summed E-state index contributed by atoms with van der Waals surface area (Å²) >= 11 is 17.3. The van der Waals surface area contributed by atoms with Gasteiger partial charge in [-0.15, -0.1) is 0 Å². The smallest absolute Gasteiger partial charge is 0.265 e. The quantitative estimate of drug-likeness (QED) is 0.376. The van der Waals surface area contributed by atoms with Gasteiger partial charge in [-0.2, -0.15) is 0 Å². The Morgan fingerprint density at radius 1 is 1.18 bits per heavy atom. The van der Waals surface area contributed by atoms with Gasteiger partial charge in [0.15, 0.2) is 0 Å². The Morgan fingerprint density at radius 2 is 1.82 bits per heavy atom. The van der Waals surface area contributed by atoms with Crippen molar-refractivity contribution in [3.63, 3.8) is 0 Å². The van der Waals surface area contributed by atoms with Crippen LogP contribution in [0.5, 0.6) is 0 Å². The van der Waals surface area contributed by atoms with E-state index in [1.54, 1.807) is 12.1 Å². The number of halogens is 4. The number of hydrogen-bond donors (Lipinski definition) is 1. The fourth-order valence-corrected chi connectivity index (χ4v) is 3.44. The molecule has 28 heavy (non-hydrogen) atoms. The normalized spacial score (nSPS) is 21.9. The van der Waals surface area contributed by atoms with Crippen LogP contribution in [0.1, 0.15) is 30.1 Å². The molecule has 0 unspecified atom stereocenters. The molecule has 8 heteroatoms. The molecule has 2 aromatic carbocycles. The van der Waals surface area contributed by atoms with E-state index < -0.39 is 22.0 Å². The SMILES string of the molecule is C[C@H](c1ccccc1)N1CCO[C@H](OC(=N)C(Cl)(Cl)Cl)[C@H]1c1ccc(F)cc1. The molecule has 3 atom stereocenters. The second-order valence-electron chi connectivity index (χ2n) is 6.50. The molecule has 4 nitrogen and oxygen atoms in total. The van der Waals surface area contributed by atoms with Gasteiger partial charge >= 0.3 is 0 Å². The van der Waals surface area contributed by atoms with Crippen LogP contribution in [0.25, 0.3) is 0 Å². The van der Waals surface area contributed by atoms with Gasteiger partial charge in [-0.05, 0) is 30.2 Å². The van der Waals surface area contributed by atoms with Crippen molar-refractivity contribution in [1.29, 1.82) is 5.41 Å². The van der Waals surface area contributed by atoms with E-state index in [1.807, 2.05) is 30.3 Å². The third kappa shape index (κ3) is 4.97. The molecular formula is C20H20Cl3FN2O2. The maximum atomic E-state index is 13.5. The molecule has 1 aliphatic rings. The Bertz CT molecular complexity index is 799. The Labute approximate surface area is 178 Å². The average molecular weight is 446 g/mol. The second kappa shape index (κ2) is 8.97. The summed E-state index contributed by atoms with van der Waals surface area (Å²) in [4.78, 5) is 2.18. The monoisotopic (exact) mass is 444 g/mol. The molecule has 2 aromatic rings. The first-order chi connectivity index (χ1) is 13.3. The lowest BCUT2D eigenvalue weighted by atomic mass is 9.98. The van der Waals surface area contributed by atoms with Crippen molar-refractivity contribution in [3.05, 3.63) is 71.5 Å². The average Bonchev–Trinajstić information content (AvgIpc) is 2.68. The number of morpholine rings is 1. The predicted octanol–water partition coefficient (Wildman–Crippen LogP) is 5.65. The Morgan fingerprint density at radius 3 is 2.43 bits per heavy atom. The largest absolute Gasteiger partial charge is 0.446 e. The van der Waals surface area contributed by atoms with Crippen LogP contribution in [0, 0.1) is 11.2 Å². The summed E-state index contributed by atoms with van der Waals surface area (Å²) in [5, 5.41) is 7.92. The van der Waals surface area contributed by atoms with Crippen molar-refractivity contribution in [2.24, 2.45) is 0 Å². The Hall–Kier alpha value is -1.37. The minimum atomic E-state index is -2.00. The lowest BCUT2D eigenvalue weighted by Gasteiger charge is -2.44. The van der Waals surface area contributed by atoms with E-state index in [4.69, 9.17) is 49.7 Å². The van der Waals surface area contributed by atoms with Gasteiger partial charge in [0, 0.05) is 12.6 Å². The summed E-state index contributed by atoms with van der Waals surface area (Å²) in [6.07, 6.45) is -0.881. The van der Waals surface area contributed by atoms with Crippen molar-refractivity contribution in [2.45, 2.75) is 29.1 Å². The fourth-order valence-electron chi connectivity index (χ4n) is 3.31. The van der Waals surface area contributed by atoms with E-state index in [9.17, 15) is 4.39 Å². The molecule has 1 heterocycles. The standard InChI is InChI=1S/C20H20Cl3FN2O2/c1-13(14-5-3-2-4-6-14)26-11-12-27-18(28-19(25)20(21,22)23)17(26)15-7-9-16(24)10-8-15/h2-10,13,17-18,25H,11-12H2,1H3/t13-,17-,18-/m1/s1. The number of nitrogens with one attached hydrogen (secondary N) is 1. The van der Waals surface area contributed by atoms with Crippen LogP contribution in [-0.4, -0.2) is 34.0 Å². The fraction of sp³-hybridized carbons (Fsp3) is 0.350. The molecule has 0 saturated carbocycles. The summed E-state index contributed by atoms with van der Waals surface area (Å²) in [6, 6.07) is 15.7. The maximum absolute atomic E-state index is 13.5. The van der Waals surface area contributed by atoms with Crippen molar-refractivity contribution in [1.82, 2.24) is 4.90 Å². The molecule has 150 valence electrons. The molecule has 0 aliphatic carbocycles. The molecule has 1 saturated heterocycles. The number of nitrogens with zero attached hydrogens (tertiary/aromatic N) is 1. The van der Waals surface area contributed by atoms with Crippen LogP contribution in [0.15, 0.2) is 54.6 Å². The summed E-state index contributed by atoms with van der Waals surface area (Å²) in [7, 11) is 0. The van der Waals surface area contributed by atoms with Crippen molar-refractivity contribution in [2.75, 3.05) is 13.2 Å². The van der Waals surface area contributed by atoms with Crippen molar-refractivity contribution in [3.8, 4) is 0 Å². The maximum Gasteiger partial charge on any atom is 0.265 e. The van der Waals surface area contributed by atoms with Crippen LogP contribution in [-0.2, 0) is 9.47 Å². The van der Waals surface area contributed by atoms with Crippen LogP contribution >= 0.6 is 34.8 Å². The van der Waals surface area contributed by atoms with Gasteiger partial charge in [0.05, 0.1) is 12.6 Å². The van der Waals surface area contributed by atoms with Gasteiger partial charge in [-0.1, -0.05) is 77.3 Å². The van der Waals surface area contributed by atoms with E-state index in [-0.39, 0.29) is 11.9 Å². The zero-order valence-corrected chi connectivity index (χ0v) is 17.4. The van der Waals surface area contributed by atoms with Gasteiger partial charge in [0.1, 0.15) is 5.82 Å². The molecule has 3 rings (SSSR count). The number of hydrogen-bond acceptors (Lipinski definition) is 4. The molecule has 1 fully saturated rings. The molecule has 0 amide bonds. The molecule has 1 N–H and O–H groups in total. The number of ether oxygens (including phenoxy) is 2. The van der Waals surface area contributed by atoms with Gasteiger partial charge in [-0.25, -0.2) is 4.39 Å². The highest BCUT2D eigenvalue weighted by Crippen LogP contribution is 2.38. The van der Waals surface area contributed by atoms with Gasteiger partial charge in [0.25, 0.3) is 3.79 Å². The highest BCUT2D eigenvalue weighted by atomic mass is 35.6. The molecular weight excluding hydrogens is 426 g/mol. The Balaban J connectivity index is 1.95. The third-order valence-corrected chi connectivity index (χ3v) is 5.24. The van der Waals surface area contributed by atoms with E-state index in [2.05, 4.69) is 11.8 Å². The summed E-state index contributed by atoms with van der Waals surface area (Å²) in [6.45, 7) is 3.08. The van der Waals surface area contributed by atoms with E-state index in [0.29, 0.717) is 13.2 Å². The molecule has 0 spiro atoms. The highest BCUT2D eigenvalue weighted by molar-refractivity contribution is 6.76. The Kier molecular flexibility index (Phi) is 6.84. The second-order valence-corrected chi connectivity index (χ2v) is 8.79. The van der Waals surface area contributed by atoms with Crippen molar-refractivity contribution < 1.29 is 13.9 Å². The number of benzene rings is 2. The minimum Gasteiger partial charge on any atom is -0.446 e. The molecule has 0 bridgehead atoms. The van der Waals surface area contributed by atoms with E-state index in [0.717, 1.165) is 11.1 Å². The molecule has 0 aromatic heterocycles. The van der Waals surface area contributed by atoms with Crippen LogP contribution < -0.4 is 0 Å². The van der Waals surface area contributed by atoms with Gasteiger partial charge in [0.2, 0.25) is 12.2 Å². The number of alkyl halides is 3. The summed E-state index contributed by atoms with van der Waals surface area (Å²) < 4.78 is 22.9. The lowest BCUT2D eigenvalue weighted by Crippen LogP contribution is -2.48. The van der Waals surface area contributed by atoms with E-state index in [1.165, 1.54) is 12.1 Å². The number of rotatable bonds is 4. The predicted molar refractivity (Wildman–Crippen MR) is 110 cm³/mol. The highest BCUT2D eigenvalue weighted by Gasteiger charge is 2.41. The molecule has 0 radical (unpaired) electrons. The van der Waals surface area contributed by atoms with Crippen LogP contribution in [0.4, 0.5) is 4.39 Å².